The summed E-state index contributed by atoms with van der Waals surface area (Å²) in [5.74, 6) is 0.981. The Hall–Kier alpha value is -3.38. The highest BCUT2D eigenvalue weighted by Crippen LogP contribution is 2.35. The van der Waals surface area contributed by atoms with Crippen molar-refractivity contribution in [3.63, 3.8) is 0 Å². The molecule has 4 aromatic rings. The molecule has 2 aromatic heterocycles. The lowest BCUT2D eigenvalue weighted by Gasteiger charge is -2.27. The van der Waals surface area contributed by atoms with E-state index in [1.54, 1.807) is 6.33 Å². The van der Waals surface area contributed by atoms with E-state index in [9.17, 15) is 4.79 Å². The van der Waals surface area contributed by atoms with Gasteiger partial charge in [-0.05, 0) is 23.3 Å². The van der Waals surface area contributed by atoms with Crippen LogP contribution in [0.25, 0.3) is 27.7 Å². The van der Waals surface area contributed by atoms with Crippen LogP contribution in [0.4, 0.5) is 0 Å². The van der Waals surface area contributed by atoms with Crippen LogP contribution in [0.2, 0.25) is 0 Å². The van der Waals surface area contributed by atoms with Crippen LogP contribution in [0.5, 0.6) is 0 Å². The minimum Gasteiger partial charge on any atom is -0.378 e. The number of hydrogen-bond donors (Lipinski definition) is 0. The number of fused-ring (bicyclic) bond motifs is 1. The van der Waals surface area contributed by atoms with Crippen molar-refractivity contribution < 1.29 is 9.53 Å². The second-order valence-electron chi connectivity index (χ2n) is 7.67. The molecule has 0 spiro atoms. The third-order valence-electron chi connectivity index (χ3n) is 5.88. The maximum absolute atomic E-state index is 13.7. The van der Waals surface area contributed by atoms with Crippen molar-refractivity contribution in [2.75, 3.05) is 26.3 Å². The van der Waals surface area contributed by atoms with Crippen molar-refractivity contribution in [1.82, 2.24) is 19.0 Å². The van der Waals surface area contributed by atoms with Gasteiger partial charge in [-0.15, -0.1) is 0 Å². The van der Waals surface area contributed by atoms with Crippen molar-refractivity contribution in [2.24, 2.45) is 7.05 Å². The molecular weight excluding hydrogens is 376 g/mol. The highest BCUT2D eigenvalue weighted by atomic mass is 16.5. The highest BCUT2D eigenvalue weighted by Gasteiger charge is 2.27. The van der Waals surface area contributed by atoms with Crippen molar-refractivity contribution >= 4 is 16.7 Å². The molecule has 2 aromatic carbocycles. The Morgan fingerprint density at radius 1 is 1.03 bits per heavy atom. The van der Waals surface area contributed by atoms with E-state index in [4.69, 9.17) is 4.74 Å². The van der Waals surface area contributed by atoms with E-state index in [2.05, 4.69) is 46.1 Å². The molecule has 1 fully saturated rings. The molecule has 1 saturated heterocycles. The Bertz CT molecular complexity index is 1230. The molecule has 1 aliphatic heterocycles. The minimum absolute atomic E-state index is 0.0552. The van der Waals surface area contributed by atoms with E-state index in [1.807, 2.05) is 41.8 Å². The summed E-state index contributed by atoms with van der Waals surface area (Å²) >= 11 is 0. The van der Waals surface area contributed by atoms with Crippen LogP contribution in [0, 0.1) is 6.92 Å². The Labute approximate surface area is 175 Å². The summed E-state index contributed by atoms with van der Waals surface area (Å²) < 4.78 is 9.49. The maximum Gasteiger partial charge on any atom is 0.256 e. The third-order valence-corrected chi connectivity index (χ3v) is 5.88. The number of nitrogens with zero attached hydrogens (tertiary/aromatic N) is 4. The molecule has 5 rings (SSSR count). The zero-order valence-corrected chi connectivity index (χ0v) is 17.2. The first kappa shape index (κ1) is 18.6. The Morgan fingerprint density at radius 2 is 1.80 bits per heavy atom. The average Bonchev–Trinajstić information content (AvgIpc) is 3.36. The lowest BCUT2D eigenvalue weighted by atomic mass is 9.96. The first-order valence-electron chi connectivity index (χ1n) is 10.2. The SMILES string of the molecule is Cc1c(C(=O)N2CCOCC2)c(-c2cccc3ccccc23)cn1-c1cncn1C. The van der Waals surface area contributed by atoms with Crippen LogP contribution in [0.3, 0.4) is 0 Å². The molecule has 0 bridgehead atoms. The Kier molecular flexibility index (Phi) is 4.64. The third kappa shape index (κ3) is 3.00. The number of ether oxygens (including phenoxy) is 1. The van der Waals surface area contributed by atoms with Gasteiger partial charge in [0.15, 0.2) is 0 Å². The smallest absolute Gasteiger partial charge is 0.256 e. The fourth-order valence-electron chi connectivity index (χ4n) is 4.29. The van der Waals surface area contributed by atoms with Gasteiger partial charge in [0.25, 0.3) is 5.91 Å². The minimum atomic E-state index is 0.0552. The summed E-state index contributed by atoms with van der Waals surface area (Å²) in [5, 5.41) is 2.30. The number of aryl methyl sites for hydroxylation is 1. The lowest BCUT2D eigenvalue weighted by molar-refractivity contribution is 0.0303. The molecule has 1 aliphatic rings. The summed E-state index contributed by atoms with van der Waals surface area (Å²) in [4.78, 5) is 19.8. The van der Waals surface area contributed by atoms with Gasteiger partial charge in [0.1, 0.15) is 5.82 Å². The van der Waals surface area contributed by atoms with Gasteiger partial charge in [0, 0.05) is 37.6 Å². The average molecular weight is 400 g/mol. The normalized spacial score (nSPS) is 14.4. The fourth-order valence-corrected chi connectivity index (χ4v) is 4.29. The number of benzene rings is 2. The number of morpholine rings is 1. The van der Waals surface area contributed by atoms with Gasteiger partial charge in [-0.2, -0.15) is 0 Å². The largest absolute Gasteiger partial charge is 0.378 e. The van der Waals surface area contributed by atoms with Crippen LogP contribution in [0.1, 0.15) is 16.1 Å². The second-order valence-corrected chi connectivity index (χ2v) is 7.67. The highest BCUT2D eigenvalue weighted by molar-refractivity contribution is 6.07. The van der Waals surface area contributed by atoms with Crippen LogP contribution in [0.15, 0.2) is 61.2 Å². The molecule has 0 radical (unpaired) electrons. The number of hydrogen-bond acceptors (Lipinski definition) is 3. The monoisotopic (exact) mass is 400 g/mol. The Balaban J connectivity index is 1.75. The van der Waals surface area contributed by atoms with E-state index in [0.29, 0.717) is 26.3 Å². The summed E-state index contributed by atoms with van der Waals surface area (Å²) in [6.07, 6.45) is 5.67. The molecule has 0 unspecified atom stereocenters. The van der Waals surface area contributed by atoms with E-state index in [0.717, 1.165) is 39.0 Å². The lowest BCUT2D eigenvalue weighted by Crippen LogP contribution is -2.41. The van der Waals surface area contributed by atoms with Gasteiger partial charge in [0.2, 0.25) is 0 Å². The van der Waals surface area contributed by atoms with Gasteiger partial charge in [-0.3, -0.25) is 4.79 Å². The van der Waals surface area contributed by atoms with Crippen molar-refractivity contribution in [3.8, 4) is 16.9 Å². The number of carbonyl (C=O) groups is 1. The van der Waals surface area contributed by atoms with E-state index in [-0.39, 0.29) is 5.91 Å². The maximum atomic E-state index is 13.7. The van der Waals surface area contributed by atoms with Gasteiger partial charge < -0.3 is 18.8 Å². The van der Waals surface area contributed by atoms with Gasteiger partial charge in [0.05, 0.1) is 31.3 Å². The molecule has 0 saturated carbocycles. The van der Waals surface area contributed by atoms with E-state index < -0.39 is 0 Å². The second kappa shape index (κ2) is 7.46. The number of carbonyl (C=O) groups excluding carboxylic acids is 1. The first-order valence-corrected chi connectivity index (χ1v) is 10.2. The molecule has 0 N–H and O–H groups in total. The van der Waals surface area contributed by atoms with Crippen molar-refractivity contribution in [1.29, 1.82) is 0 Å². The predicted molar refractivity (Wildman–Crippen MR) is 117 cm³/mol. The van der Waals surface area contributed by atoms with Crippen LogP contribution >= 0.6 is 0 Å². The molecule has 30 heavy (non-hydrogen) atoms. The predicted octanol–water partition coefficient (Wildman–Crippen LogP) is 3.81. The molecule has 6 nitrogen and oxygen atoms in total. The molecule has 6 heteroatoms. The topological polar surface area (TPSA) is 52.3 Å². The van der Waals surface area contributed by atoms with Crippen LogP contribution < -0.4 is 0 Å². The fraction of sp³-hybridized carbons (Fsp3) is 0.250. The summed E-state index contributed by atoms with van der Waals surface area (Å²) in [6.45, 7) is 4.40. The van der Waals surface area contributed by atoms with Crippen LogP contribution in [-0.4, -0.2) is 51.2 Å². The zero-order valence-electron chi connectivity index (χ0n) is 17.2. The zero-order chi connectivity index (χ0) is 20.7. The van der Waals surface area contributed by atoms with Crippen molar-refractivity contribution in [2.45, 2.75) is 6.92 Å². The number of imidazole rings is 1. The van der Waals surface area contributed by atoms with Gasteiger partial charge in [-0.25, -0.2) is 4.98 Å². The molecule has 0 atom stereocenters. The number of aromatic nitrogens is 3. The molecule has 1 amide bonds. The number of amides is 1. The molecule has 3 heterocycles. The standard InChI is InChI=1S/C24H24N4O2/c1-17-23(24(29)27-10-12-30-13-11-27)21(15-28(17)22-14-25-16-26(22)2)20-9-5-7-18-6-3-4-8-19(18)20/h3-9,14-16H,10-13H2,1-2H3. The van der Waals surface area contributed by atoms with Gasteiger partial charge >= 0.3 is 0 Å². The van der Waals surface area contributed by atoms with Crippen molar-refractivity contribution in [3.05, 3.63) is 72.4 Å². The Morgan fingerprint density at radius 3 is 2.57 bits per heavy atom. The number of rotatable bonds is 3. The molecule has 0 aliphatic carbocycles. The summed E-state index contributed by atoms with van der Waals surface area (Å²) in [5.41, 5.74) is 3.67. The molecular formula is C24H24N4O2. The van der Waals surface area contributed by atoms with Crippen LogP contribution in [-0.2, 0) is 11.8 Å². The van der Waals surface area contributed by atoms with Gasteiger partial charge in [-0.1, -0.05) is 42.5 Å². The molecule has 152 valence electrons. The van der Waals surface area contributed by atoms with E-state index >= 15 is 0 Å². The summed E-state index contributed by atoms with van der Waals surface area (Å²) in [7, 11) is 1.96. The quantitative estimate of drug-likeness (QED) is 0.525. The first-order chi connectivity index (χ1) is 14.6. The summed E-state index contributed by atoms with van der Waals surface area (Å²) in [6, 6.07) is 14.6. The van der Waals surface area contributed by atoms with E-state index in [1.165, 1.54) is 0 Å².